The third-order valence-corrected chi connectivity index (χ3v) is 4.70. The number of carbonyl (C=O) groups is 1. The Bertz CT molecular complexity index is 1070. The van der Waals surface area contributed by atoms with Crippen molar-refractivity contribution < 1.29 is 19.1 Å². The Hall–Kier alpha value is -3.57. The van der Waals surface area contributed by atoms with E-state index in [0.717, 1.165) is 17.3 Å². The van der Waals surface area contributed by atoms with Crippen LogP contribution in [0.15, 0.2) is 63.1 Å². The van der Waals surface area contributed by atoms with Crippen molar-refractivity contribution in [1.82, 2.24) is 10.2 Å². The maximum Gasteiger partial charge on any atom is 0.281 e. The van der Waals surface area contributed by atoms with Gasteiger partial charge in [-0.3, -0.25) is 0 Å². The van der Waals surface area contributed by atoms with E-state index in [4.69, 9.17) is 14.4 Å². The van der Waals surface area contributed by atoms with Gasteiger partial charge in [0.05, 0.1) is 17.6 Å². The number of carbonyl (C=O) groups excluding carboxylic acids is 1. The van der Waals surface area contributed by atoms with E-state index in [1.165, 1.54) is 6.08 Å². The van der Waals surface area contributed by atoms with Crippen LogP contribution >= 0.6 is 11.8 Å². The molecule has 0 atom stereocenters. The molecule has 3 aromatic rings. The molecule has 0 aliphatic carbocycles. The van der Waals surface area contributed by atoms with Crippen LogP contribution in [0.5, 0.6) is 5.75 Å². The van der Waals surface area contributed by atoms with Gasteiger partial charge in [-0.25, -0.2) is 0 Å². The average molecular weight is 406 g/mol. The maximum absolute atomic E-state index is 11.4. The van der Waals surface area contributed by atoms with Gasteiger partial charge in [-0.2, -0.15) is 5.26 Å². The van der Waals surface area contributed by atoms with Crippen LogP contribution in [-0.2, 0) is 17.8 Å². The minimum Gasteiger partial charge on any atom is -0.544 e. The molecule has 0 fully saturated rings. The van der Waals surface area contributed by atoms with Crippen LogP contribution < -0.4 is 9.84 Å². The number of hydrogen-bond acceptors (Lipinski definition) is 8. The molecule has 146 valence electrons. The number of hydrogen-bond donors (Lipinski definition) is 0. The lowest BCUT2D eigenvalue weighted by molar-refractivity contribution is -0.298. The number of benzene rings is 2. The molecule has 0 N–H and O–H groups in total. The summed E-state index contributed by atoms with van der Waals surface area (Å²) in [5.41, 5.74) is 2.01. The van der Waals surface area contributed by atoms with Crippen molar-refractivity contribution in [1.29, 1.82) is 5.26 Å². The van der Waals surface area contributed by atoms with Gasteiger partial charge in [0, 0.05) is 16.9 Å². The molecule has 0 unspecified atom stereocenters. The SMILES string of the molecule is CCc1nnc(S/C(=C/c2ccc(OCc3ccccc3C#N)cc2)C(=O)[O-])o1. The van der Waals surface area contributed by atoms with E-state index in [1.54, 1.807) is 36.4 Å². The molecule has 7 nitrogen and oxygen atoms in total. The van der Waals surface area contributed by atoms with Crippen molar-refractivity contribution in [3.05, 3.63) is 76.0 Å². The quantitative estimate of drug-likeness (QED) is 0.414. The molecule has 0 saturated heterocycles. The zero-order valence-corrected chi connectivity index (χ0v) is 16.3. The smallest absolute Gasteiger partial charge is 0.281 e. The molecule has 0 bridgehead atoms. The number of rotatable bonds is 8. The second-order valence-electron chi connectivity index (χ2n) is 5.84. The van der Waals surface area contributed by atoms with Gasteiger partial charge in [-0.15, -0.1) is 10.2 Å². The number of nitriles is 1. The van der Waals surface area contributed by atoms with E-state index in [-0.39, 0.29) is 16.7 Å². The molecule has 1 aromatic heterocycles. The second kappa shape index (κ2) is 9.57. The van der Waals surface area contributed by atoms with Gasteiger partial charge in [0.1, 0.15) is 12.4 Å². The number of thioether (sulfide) groups is 1. The summed E-state index contributed by atoms with van der Waals surface area (Å²) in [4.78, 5) is 11.4. The largest absolute Gasteiger partial charge is 0.544 e. The molecule has 0 radical (unpaired) electrons. The van der Waals surface area contributed by atoms with Gasteiger partial charge in [0.25, 0.3) is 5.22 Å². The van der Waals surface area contributed by atoms with E-state index in [0.29, 0.717) is 29.2 Å². The normalized spacial score (nSPS) is 11.1. The van der Waals surface area contributed by atoms with Crippen LogP contribution in [0.2, 0.25) is 0 Å². The molecule has 2 aromatic carbocycles. The first-order valence-corrected chi connectivity index (χ1v) is 9.55. The fourth-order valence-electron chi connectivity index (χ4n) is 2.37. The lowest BCUT2D eigenvalue weighted by Gasteiger charge is -2.09. The third kappa shape index (κ3) is 5.46. The topological polar surface area (TPSA) is 112 Å². The fraction of sp³-hybridized carbons (Fsp3) is 0.143. The number of carboxylic acids is 1. The summed E-state index contributed by atoms with van der Waals surface area (Å²) in [6.45, 7) is 2.12. The highest BCUT2D eigenvalue weighted by Crippen LogP contribution is 2.27. The van der Waals surface area contributed by atoms with Crippen molar-refractivity contribution in [2.75, 3.05) is 0 Å². The first-order valence-electron chi connectivity index (χ1n) is 8.73. The van der Waals surface area contributed by atoms with Gasteiger partial charge >= 0.3 is 0 Å². The van der Waals surface area contributed by atoms with Crippen molar-refractivity contribution in [3.8, 4) is 11.8 Å². The minimum absolute atomic E-state index is 0.0482. The monoisotopic (exact) mass is 406 g/mol. The summed E-state index contributed by atoms with van der Waals surface area (Å²) in [5, 5.41) is 28.3. The van der Waals surface area contributed by atoms with Crippen molar-refractivity contribution >= 4 is 23.8 Å². The van der Waals surface area contributed by atoms with Gasteiger partial charge in [0.15, 0.2) is 0 Å². The fourth-order valence-corrected chi connectivity index (χ4v) is 3.06. The third-order valence-electron chi connectivity index (χ3n) is 3.86. The molecular formula is C21H16N3O4S-. The number of aromatic nitrogens is 2. The van der Waals surface area contributed by atoms with Crippen LogP contribution in [0.3, 0.4) is 0 Å². The maximum atomic E-state index is 11.4. The Morgan fingerprint density at radius 3 is 2.66 bits per heavy atom. The molecule has 0 spiro atoms. The molecular weight excluding hydrogens is 390 g/mol. The molecule has 0 aliphatic heterocycles. The Labute approximate surface area is 171 Å². The lowest BCUT2D eigenvalue weighted by Crippen LogP contribution is -2.23. The lowest BCUT2D eigenvalue weighted by atomic mass is 10.1. The van der Waals surface area contributed by atoms with Crippen LogP contribution in [0.4, 0.5) is 0 Å². The molecule has 0 aliphatic rings. The number of aryl methyl sites for hydroxylation is 1. The summed E-state index contributed by atoms with van der Waals surface area (Å²) >= 11 is 0.841. The van der Waals surface area contributed by atoms with Crippen molar-refractivity contribution in [2.45, 2.75) is 25.2 Å². The van der Waals surface area contributed by atoms with Crippen LogP contribution in [0.25, 0.3) is 6.08 Å². The zero-order chi connectivity index (χ0) is 20.6. The van der Waals surface area contributed by atoms with E-state index in [9.17, 15) is 9.90 Å². The molecule has 8 heteroatoms. The van der Waals surface area contributed by atoms with E-state index in [1.807, 2.05) is 19.1 Å². The Balaban J connectivity index is 1.69. The Morgan fingerprint density at radius 1 is 1.24 bits per heavy atom. The molecule has 3 rings (SSSR count). The molecule has 0 saturated carbocycles. The van der Waals surface area contributed by atoms with Crippen LogP contribution in [0.1, 0.15) is 29.5 Å². The Morgan fingerprint density at radius 2 is 2.00 bits per heavy atom. The first kappa shape index (κ1) is 20.2. The van der Waals surface area contributed by atoms with Crippen molar-refractivity contribution in [3.63, 3.8) is 0 Å². The summed E-state index contributed by atoms with van der Waals surface area (Å²) in [6.07, 6.45) is 2.03. The number of nitrogens with zero attached hydrogens (tertiary/aromatic N) is 3. The van der Waals surface area contributed by atoms with Crippen LogP contribution in [0, 0.1) is 11.3 Å². The minimum atomic E-state index is -1.33. The summed E-state index contributed by atoms with van der Waals surface area (Å²) in [6, 6.07) is 16.2. The van der Waals surface area contributed by atoms with Gasteiger partial charge < -0.3 is 19.1 Å². The van der Waals surface area contributed by atoms with E-state index >= 15 is 0 Å². The van der Waals surface area contributed by atoms with Crippen LogP contribution in [-0.4, -0.2) is 16.2 Å². The summed E-state index contributed by atoms with van der Waals surface area (Å²) in [7, 11) is 0. The van der Waals surface area contributed by atoms with E-state index in [2.05, 4.69) is 16.3 Å². The Kier molecular flexibility index (Phi) is 6.66. The second-order valence-corrected chi connectivity index (χ2v) is 6.83. The van der Waals surface area contributed by atoms with E-state index < -0.39 is 5.97 Å². The summed E-state index contributed by atoms with van der Waals surface area (Å²) in [5.74, 6) is -0.300. The van der Waals surface area contributed by atoms with Gasteiger partial charge in [-0.05, 0) is 41.6 Å². The predicted octanol–water partition coefficient (Wildman–Crippen LogP) is 2.97. The molecule has 1 heterocycles. The highest BCUT2D eigenvalue weighted by atomic mass is 32.2. The highest BCUT2D eigenvalue weighted by Gasteiger charge is 2.10. The zero-order valence-electron chi connectivity index (χ0n) is 15.5. The van der Waals surface area contributed by atoms with Gasteiger partial charge in [0.2, 0.25) is 5.89 Å². The molecule has 0 amide bonds. The summed E-state index contributed by atoms with van der Waals surface area (Å²) < 4.78 is 11.0. The van der Waals surface area contributed by atoms with Crippen molar-refractivity contribution in [2.24, 2.45) is 0 Å². The number of carboxylic acid groups (broad SMARTS) is 1. The number of aliphatic carboxylic acids is 1. The molecule has 29 heavy (non-hydrogen) atoms. The first-order chi connectivity index (χ1) is 14.1. The average Bonchev–Trinajstić information content (AvgIpc) is 3.20. The standard InChI is InChI=1S/C21H17N3O4S/c1-2-19-23-24-21(28-19)29-18(20(25)26)11-14-7-9-17(10-8-14)27-13-16-6-4-3-5-15(16)12-22/h3-11H,2,13H2,1H3,(H,25,26)/p-1/b18-11+. The predicted molar refractivity (Wildman–Crippen MR) is 104 cm³/mol. The van der Waals surface area contributed by atoms with Gasteiger partial charge in [-0.1, -0.05) is 37.3 Å². The highest BCUT2D eigenvalue weighted by molar-refractivity contribution is 8.03. The number of ether oxygens (including phenoxy) is 1.